The molecule has 4 N–H and O–H groups in total. The maximum atomic E-state index is 12.0. The molecule has 0 radical (unpaired) electrons. The van der Waals surface area contributed by atoms with Gasteiger partial charge in [0.2, 0.25) is 5.91 Å². The third-order valence-corrected chi connectivity index (χ3v) is 4.30. The van der Waals surface area contributed by atoms with Crippen molar-refractivity contribution in [2.75, 3.05) is 0 Å². The molecule has 0 heterocycles. The number of nitrogens with zero attached hydrogens (tertiary/aromatic N) is 1. The lowest BCUT2D eigenvalue weighted by atomic mass is 9.83. The summed E-state index contributed by atoms with van der Waals surface area (Å²) in [7, 11) is 0. The van der Waals surface area contributed by atoms with Gasteiger partial charge in [0.15, 0.2) is 5.84 Å². The largest absolute Gasteiger partial charge is 0.409 e. The second kappa shape index (κ2) is 5.59. The van der Waals surface area contributed by atoms with E-state index < -0.39 is 0 Å². The van der Waals surface area contributed by atoms with Crippen LogP contribution < -0.4 is 11.1 Å². The Labute approximate surface area is 108 Å². The van der Waals surface area contributed by atoms with E-state index in [0.717, 1.165) is 32.1 Å². The Kier molecular flexibility index (Phi) is 4.09. The fraction of sp³-hybridized carbons (Fsp3) is 0.846. The molecule has 3 unspecified atom stereocenters. The van der Waals surface area contributed by atoms with Gasteiger partial charge in [-0.3, -0.25) is 4.79 Å². The van der Waals surface area contributed by atoms with Gasteiger partial charge in [0, 0.05) is 5.92 Å². The summed E-state index contributed by atoms with van der Waals surface area (Å²) in [5.74, 6) is 1.12. The number of rotatable bonds is 4. The Hall–Kier alpha value is -1.26. The predicted molar refractivity (Wildman–Crippen MR) is 69.2 cm³/mol. The minimum atomic E-state index is -0.296. The van der Waals surface area contributed by atoms with Crippen molar-refractivity contribution in [1.82, 2.24) is 5.32 Å². The highest BCUT2D eigenvalue weighted by molar-refractivity contribution is 5.91. The maximum Gasteiger partial charge on any atom is 0.223 e. The van der Waals surface area contributed by atoms with Crippen LogP contribution in [0.15, 0.2) is 5.16 Å². The number of nitrogens with two attached hydrogens (primary N) is 1. The molecule has 2 saturated carbocycles. The molecular weight excluding hydrogens is 230 g/mol. The molecular formula is C13H23N3O2. The fourth-order valence-corrected chi connectivity index (χ4v) is 2.91. The number of carbonyl (C=O) groups is 1. The zero-order valence-corrected chi connectivity index (χ0v) is 10.9. The molecule has 2 aliphatic carbocycles. The van der Waals surface area contributed by atoms with Gasteiger partial charge in [-0.1, -0.05) is 31.3 Å². The Morgan fingerprint density at radius 1 is 1.39 bits per heavy atom. The lowest BCUT2D eigenvalue weighted by Gasteiger charge is -2.30. The zero-order valence-electron chi connectivity index (χ0n) is 10.9. The molecule has 2 fully saturated rings. The molecule has 2 aliphatic rings. The Balaban J connectivity index is 1.98. The van der Waals surface area contributed by atoms with Crippen LogP contribution in [-0.2, 0) is 4.79 Å². The van der Waals surface area contributed by atoms with Gasteiger partial charge in [-0.25, -0.2) is 0 Å². The topological polar surface area (TPSA) is 87.7 Å². The quantitative estimate of drug-likeness (QED) is 0.307. The Bertz CT molecular complexity index is 337. The van der Waals surface area contributed by atoms with Gasteiger partial charge in [0.25, 0.3) is 0 Å². The van der Waals surface area contributed by atoms with E-state index in [0.29, 0.717) is 11.8 Å². The predicted octanol–water partition coefficient (Wildman–Crippen LogP) is 1.45. The summed E-state index contributed by atoms with van der Waals surface area (Å²) in [5, 5.41) is 14.9. The Morgan fingerprint density at radius 3 is 2.50 bits per heavy atom. The summed E-state index contributed by atoms with van der Waals surface area (Å²) in [6.07, 6.45) is 6.61. The summed E-state index contributed by atoms with van der Waals surface area (Å²) in [6, 6.07) is -0.296. The highest BCUT2D eigenvalue weighted by atomic mass is 16.4. The molecule has 0 aromatic heterocycles. The number of nitrogens with one attached hydrogen (secondary N) is 1. The summed E-state index contributed by atoms with van der Waals surface area (Å²) in [6.45, 7) is 2.07. The fourth-order valence-electron chi connectivity index (χ4n) is 2.91. The van der Waals surface area contributed by atoms with Gasteiger partial charge in [-0.05, 0) is 31.1 Å². The summed E-state index contributed by atoms with van der Waals surface area (Å²) >= 11 is 0. The first-order chi connectivity index (χ1) is 8.63. The number of carbonyl (C=O) groups excluding carboxylic acids is 1. The number of hydrogen-bond donors (Lipinski definition) is 3. The second-order valence-corrected chi connectivity index (χ2v) is 5.73. The SMILES string of the molecule is CC1CC1C(=O)NC(/C(N)=N/O)C1CCCCC1. The molecule has 5 heteroatoms. The minimum Gasteiger partial charge on any atom is -0.409 e. The van der Waals surface area contributed by atoms with Crippen LogP contribution in [0.1, 0.15) is 45.4 Å². The third-order valence-electron chi connectivity index (χ3n) is 4.30. The number of amides is 1. The first kappa shape index (κ1) is 13.2. The van der Waals surface area contributed by atoms with E-state index in [1.165, 1.54) is 6.42 Å². The van der Waals surface area contributed by atoms with Crippen molar-refractivity contribution in [3.05, 3.63) is 0 Å². The van der Waals surface area contributed by atoms with E-state index in [1.54, 1.807) is 0 Å². The zero-order chi connectivity index (χ0) is 13.1. The van der Waals surface area contributed by atoms with Crippen LogP contribution in [0.3, 0.4) is 0 Å². The lowest BCUT2D eigenvalue weighted by Crippen LogP contribution is -2.50. The smallest absolute Gasteiger partial charge is 0.223 e. The second-order valence-electron chi connectivity index (χ2n) is 5.73. The van der Waals surface area contributed by atoms with Crippen LogP contribution in [0.2, 0.25) is 0 Å². The molecule has 102 valence electrons. The van der Waals surface area contributed by atoms with Gasteiger partial charge >= 0.3 is 0 Å². The van der Waals surface area contributed by atoms with Gasteiger partial charge in [0.1, 0.15) is 0 Å². The molecule has 0 aliphatic heterocycles. The summed E-state index contributed by atoms with van der Waals surface area (Å²) in [5.41, 5.74) is 5.74. The van der Waals surface area contributed by atoms with E-state index in [-0.39, 0.29) is 23.7 Å². The van der Waals surface area contributed by atoms with Crippen molar-refractivity contribution >= 4 is 11.7 Å². The Morgan fingerprint density at radius 2 is 2.00 bits per heavy atom. The van der Waals surface area contributed by atoms with Gasteiger partial charge in [-0.2, -0.15) is 0 Å². The lowest BCUT2D eigenvalue weighted by molar-refractivity contribution is -0.123. The molecule has 3 atom stereocenters. The van der Waals surface area contributed by atoms with Crippen LogP contribution in [0.4, 0.5) is 0 Å². The molecule has 5 nitrogen and oxygen atoms in total. The van der Waals surface area contributed by atoms with Crippen molar-refractivity contribution in [2.24, 2.45) is 28.6 Å². The number of hydrogen-bond acceptors (Lipinski definition) is 3. The number of amidine groups is 1. The van der Waals surface area contributed by atoms with Crippen LogP contribution >= 0.6 is 0 Å². The van der Waals surface area contributed by atoms with E-state index >= 15 is 0 Å². The van der Waals surface area contributed by atoms with E-state index in [9.17, 15) is 4.79 Å². The van der Waals surface area contributed by atoms with Crippen LogP contribution in [-0.4, -0.2) is 23.0 Å². The first-order valence-corrected chi connectivity index (χ1v) is 6.91. The standard InChI is InChI=1S/C13H23N3O2/c1-8-7-10(8)13(17)15-11(12(14)16-18)9-5-3-2-4-6-9/h8-11,18H,2-7H2,1H3,(H2,14,16)(H,15,17). The van der Waals surface area contributed by atoms with Gasteiger partial charge < -0.3 is 16.3 Å². The first-order valence-electron chi connectivity index (χ1n) is 6.91. The van der Waals surface area contributed by atoms with Crippen molar-refractivity contribution in [1.29, 1.82) is 0 Å². The maximum absolute atomic E-state index is 12.0. The molecule has 1 amide bonds. The molecule has 0 aromatic rings. The van der Waals surface area contributed by atoms with E-state index in [2.05, 4.69) is 17.4 Å². The monoisotopic (exact) mass is 253 g/mol. The highest BCUT2D eigenvalue weighted by Crippen LogP contribution is 2.38. The summed E-state index contributed by atoms with van der Waals surface area (Å²) < 4.78 is 0. The average molecular weight is 253 g/mol. The van der Waals surface area contributed by atoms with Crippen molar-refractivity contribution in [2.45, 2.75) is 51.5 Å². The molecule has 0 saturated heterocycles. The van der Waals surface area contributed by atoms with Crippen molar-refractivity contribution in [3.8, 4) is 0 Å². The van der Waals surface area contributed by atoms with E-state index in [4.69, 9.17) is 10.9 Å². The van der Waals surface area contributed by atoms with Gasteiger partial charge in [0.05, 0.1) is 6.04 Å². The van der Waals surface area contributed by atoms with Crippen LogP contribution in [0.25, 0.3) is 0 Å². The van der Waals surface area contributed by atoms with Crippen molar-refractivity contribution in [3.63, 3.8) is 0 Å². The average Bonchev–Trinajstić information content (AvgIpc) is 3.13. The molecule has 0 spiro atoms. The number of oxime groups is 1. The van der Waals surface area contributed by atoms with Crippen LogP contribution in [0.5, 0.6) is 0 Å². The van der Waals surface area contributed by atoms with Crippen LogP contribution in [0, 0.1) is 17.8 Å². The molecule has 18 heavy (non-hydrogen) atoms. The normalized spacial score (nSPS) is 30.8. The molecule has 0 aromatic carbocycles. The summed E-state index contributed by atoms with van der Waals surface area (Å²) in [4.78, 5) is 12.0. The van der Waals surface area contributed by atoms with Gasteiger partial charge in [-0.15, -0.1) is 0 Å². The minimum absolute atomic E-state index is 0.0599. The molecule has 0 bridgehead atoms. The highest BCUT2D eigenvalue weighted by Gasteiger charge is 2.41. The third kappa shape index (κ3) is 2.94. The van der Waals surface area contributed by atoms with Crippen molar-refractivity contribution < 1.29 is 10.0 Å². The molecule has 2 rings (SSSR count). The van der Waals surface area contributed by atoms with E-state index in [1.807, 2.05) is 0 Å².